The molecule has 2 heterocycles. The maximum absolute atomic E-state index is 12.8. The quantitative estimate of drug-likeness (QED) is 0.738. The number of rotatable bonds is 6. The summed E-state index contributed by atoms with van der Waals surface area (Å²) in [7, 11) is 0. The van der Waals surface area contributed by atoms with Gasteiger partial charge in [-0.05, 0) is 46.6 Å². The van der Waals surface area contributed by atoms with Gasteiger partial charge in [0.2, 0.25) is 0 Å². The van der Waals surface area contributed by atoms with Gasteiger partial charge in [-0.25, -0.2) is 14.5 Å². The van der Waals surface area contributed by atoms with Gasteiger partial charge in [0.25, 0.3) is 5.91 Å². The van der Waals surface area contributed by atoms with Gasteiger partial charge in [-0.2, -0.15) is 5.10 Å². The van der Waals surface area contributed by atoms with Gasteiger partial charge in [0.05, 0.1) is 17.1 Å². The average Bonchev–Trinajstić information content (AvgIpc) is 3.00. The van der Waals surface area contributed by atoms with Gasteiger partial charge in [-0.15, -0.1) is 0 Å². The molecule has 2 rings (SSSR count). The molecule has 8 heteroatoms. The van der Waals surface area contributed by atoms with Crippen LogP contribution in [0, 0.1) is 0 Å². The molecule has 0 saturated heterocycles. The second kappa shape index (κ2) is 8.58. The monoisotopic (exact) mass is 389 g/mol. The van der Waals surface area contributed by atoms with Crippen LogP contribution >= 0.6 is 0 Å². The molecule has 0 aliphatic carbocycles. The third kappa shape index (κ3) is 5.43. The average molecular weight is 390 g/mol. The van der Waals surface area contributed by atoms with E-state index in [0.717, 1.165) is 11.1 Å². The number of aromatic nitrogens is 3. The van der Waals surface area contributed by atoms with Crippen molar-refractivity contribution in [3.63, 3.8) is 0 Å². The molecule has 0 aliphatic heterocycles. The van der Waals surface area contributed by atoms with Crippen molar-refractivity contribution in [2.24, 2.45) is 0 Å². The Morgan fingerprint density at radius 2 is 1.79 bits per heavy atom. The Balaban J connectivity index is 2.11. The number of alkyl carbamates (subject to hydrolysis) is 1. The summed E-state index contributed by atoms with van der Waals surface area (Å²) in [6.07, 6.45) is 1.17. The fourth-order valence-corrected chi connectivity index (χ4v) is 2.65. The van der Waals surface area contributed by atoms with Crippen molar-refractivity contribution in [3.05, 3.63) is 23.5 Å². The van der Waals surface area contributed by atoms with Crippen molar-refractivity contribution in [2.75, 3.05) is 13.1 Å². The lowest BCUT2D eigenvalue weighted by molar-refractivity contribution is 0.0526. The summed E-state index contributed by atoms with van der Waals surface area (Å²) in [5.41, 5.74) is 1.53. The van der Waals surface area contributed by atoms with Gasteiger partial charge >= 0.3 is 6.09 Å². The van der Waals surface area contributed by atoms with E-state index in [1.165, 1.54) is 0 Å². The van der Waals surface area contributed by atoms with Crippen molar-refractivity contribution >= 4 is 23.0 Å². The molecule has 0 aromatic carbocycles. The lowest BCUT2D eigenvalue weighted by atomic mass is 10.0. The molecule has 28 heavy (non-hydrogen) atoms. The molecule has 0 saturated carbocycles. The largest absolute Gasteiger partial charge is 0.444 e. The Morgan fingerprint density at radius 3 is 2.36 bits per heavy atom. The third-order valence-electron chi connectivity index (χ3n) is 3.99. The molecule has 2 amide bonds. The van der Waals surface area contributed by atoms with E-state index in [1.54, 1.807) is 27.0 Å². The zero-order valence-electron chi connectivity index (χ0n) is 17.8. The van der Waals surface area contributed by atoms with Crippen LogP contribution in [0.15, 0.2) is 12.3 Å². The van der Waals surface area contributed by atoms with Gasteiger partial charge in [0.15, 0.2) is 5.65 Å². The minimum absolute atomic E-state index is 0.140. The number of pyridine rings is 1. The van der Waals surface area contributed by atoms with Crippen LogP contribution < -0.4 is 10.6 Å². The Labute approximate surface area is 166 Å². The molecule has 2 aromatic rings. The number of fused-ring (bicyclic) bond motifs is 1. The molecular formula is C20H31N5O3. The van der Waals surface area contributed by atoms with Crippen LogP contribution in [0.5, 0.6) is 0 Å². The van der Waals surface area contributed by atoms with E-state index >= 15 is 0 Å². The molecule has 2 aromatic heterocycles. The van der Waals surface area contributed by atoms with Crippen LogP contribution in [0.1, 0.15) is 76.5 Å². The standard InChI is InChI=1S/C20H31N5O3/c1-12(2)16-10-14(15-11-23-25(13(3)4)17(15)24-16)18(26)21-8-9-22-19(27)28-20(5,6)7/h10-13H,8-9H2,1-7H3,(H,21,26)(H,22,27). The summed E-state index contributed by atoms with van der Waals surface area (Å²) in [5.74, 6) is -0.0381. The maximum Gasteiger partial charge on any atom is 0.407 e. The topological polar surface area (TPSA) is 98.1 Å². The Bertz CT molecular complexity index is 849. The summed E-state index contributed by atoms with van der Waals surface area (Å²) in [5, 5.41) is 10.6. The first-order valence-electron chi connectivity index (χ1n) is 9.62. The number of amides is 2. The van der Waals surface area contributed by atoms with Crippen molar-refractivity contribution in [3.8, 4) is 0 Å². The van der Waals surface area contributed by atoms with Crippen LogP contribution in [0.2, 0.25) is 0 Å². The van der Waals surface area contributed by atoms with Gasteiger partial charge in [-0.1, -0.05) is 13.8 Å². The zero-order chi connectivity index (χ0) is 21.1. The van der Waals surface area contributed by atoms with Crippen LogP contribution in [0.25, 0.3) is 11.0 Å². The maximum atomic E-state index is 12.8. The highest BCUT2D eigenvalue weighted by molar-refractivity contribution is 6.05. The Kier molecular flexibility index (Phi) is 6.64. The molecule has 0 fully saturated rings. The first-order chi connectivity index (χ1) is 13.0. The molecule has 0 spiro atoms. The second-order valence-electron chi connectivity index (χ2n) is 8.35. The summed E-state index contributed by atoms with van der Waals surface area (Å²) in [4.78, 5) is 29.1. The number of nitrogens with one attached hydrogen (secondary N) is 2. The Hall–Kier alpha value is -2.64. The SMILES string of the molecule is CC(C)c1cc(C(=O)NCCNC(=O)OC(C)(C)C)c2cnn(C(C)C)c2n1. The van der Waals surface area contributed by atoms with Gasteiger partial charge in [0, 0.05) is 24.8 Å². The van der Waals surface area contributed by atoms with Gasteiger partial charge in [0.1, 0.15) is 5.60 Å². The molecular weight excluding hydrogens is 358 g/mol. The lowest BCUT2D eigenvalue weighted by Gasteiger charge is -2.19. The first kappa shape index (κ1) is 21.7. The van der Waals surface area contributed by atoms with E-state index < -0.39 is 11.7 Å². The first-order valence-corrected chi connectivity index (χ1v) is 9.62. The van der Waals surface area contributed by atoms with Gasteiger partial charge in [-0.3, -0.25) is 4.79 Å². The number of nitrogens with zero attached hydrogens (tertiary/aromatic N) is 3. The van der Waals surface area contributed by atoms with Crippen molar-refractivity contribution in [2.45, 2.75) is 66.0 Å². The molecule has 0 unspecified atom stereocenters. The van der Waals surface area contributed by atoms with E-state index in [0.29, 0.717) is 11.2 Å². The van der Waals surface area contributed by atoms with Crippen molar-refractivity contribution in [1.82, 2.24) is 25.4 Å². The smallest absolute Gasteiger partial charge is 0.407 e. The molecule has 0 aliphatic rings. The Morgan fingerprint density at radius 1 is 1.14 bits per heavy atom. The number of hydrogen-bond acceptors (Lipinski definition) is 5. The highest BCUT2D eigenvalue weighted by Crippen LogP contribution is 2.24. The van der Waals surface area contributed by atoms with E-state index in [-0.39, 0.29) is 31.0 Å². The third-order valence-corrected chi connectivity index (χ3v) is 3.99. The van der Waals surface area contributed by atoms with Gasteiger partial charge < -0.3 is 15.4 Å². The van der Waals surface area contributed by atoms with E-state index in [4.69, 9.17) is 9.72 Å². The number of ether oxygens (including phenoxy) is 1. The minimum Gasteiger partial charge on any atom is -0.444 e. The van der Waals surface area contributed by atoms with Crippen LogP contribution in [0.3, 0.4) is 0 Å². The summed E-state index contributed by atoms with van der Waals surface area (Å²) < 4.78 is 6.99. The number of hydrogen-bond donors (Lipinski definition) is 2. The van der Waals surface area contributed by atoms with E-state index in [9.17, 15) is 9.59 Å². The molecule has 0 radical (unpaired) electrons. The fourth-order valence-electron chi connectivity index (χ4n) is 2.65. The highest BCUT2D eigenvalue weighted by Gasteiger charge is 2.19. The second-order valence-corrected chi connectivity index (χ2v) is 8.35. The fraction of sp³-hybridized carbons (Fsp3) is 0.600. The minimum atomic E-state index is -0.556. The zero-order valence-corrected chi connectivity index (χ0v) is 17.8. The van der Waals surface area contributed by atoms with Crippen LogP contribution in [0.4, 0.5) is 4.79 Å². The lowest BCUT2D eigenvalue weighted by Crippen LogP contribution is -2.37. The van der Waals surface area contributed by atoms with Crippen molar-refractivity contribution < 1.29 is 14.3 Å². The normalized spacial score (nSPS) is 11.9. The van der Waals surface area contributed by atoms with E-state index in [1.807, 2.05) is 38.4 Å². The molecule has 8 nitrogen and oxygen atoms in total. The summed E-state index contributed by atoms with van der Waals surface area (Å²) in [6, 6.07) is 1.96. The number of carbonyl (C=O) groups excluding carboxylic acids is 2. The van der Waals surface area contributed by atoms with Crippen LogP contribution in [-0.2, 0) is 4.74 Å². The predicted octanol–water partition coefficient (Wildman–Crippen LogP) is 3.39. The highest BCUT2D eigenvalue weighted by atomic mass is 16.6. The molecule has 0 atom stereocenters. The summed E-state index contributed by atoms with van der Waals surface area (Å²) >= 11 is 0. The molecule has 154 valence electrons. The number of carbonyl (C=O) groups is 2. The van der Waals surface area contributed by atoms with Crippen molar-refractivity contribution in [1.29, 1.82) is 0 Å². The summed E-state index contributed by atoms with van der Waals surface area (Å²) in [6.45, 7) is 14.1. The molecule has 0 bridgehead atoms. The molecule has 2 N–H and O–H groups in total. The predicted molar refractivity (Wildman–Crippen MR) is 109 cm³/mol. The van der Waals surface area contributed by atoms with Crippen LogP contribution in [-0.4, -0.2) is 45.5 Å². The van der Waals surface area contributed by atoms with E-state index in [2.05, 4.69) is 15.7 Å².